The van der Waals surface area contributed by atoms with Crippen LogP contribution in [0.2, 0.25) is 0 Å². The molecule has 1 aromatic heterocycles. The molecule has 110 valence electrons. The van der Waals surface area contributed by atoms with Crippen molar-refractivity contribution < 1.29 is 4.79 Å². The second kappa shape index (κ2) is 6.76. The number of carbonyl (C=O) groups excluding carboxylic acids is 1. The van der Waals surface area contributed by atoms with Crippen molar-refractivity contribution in [2.75, 3.05) is 23.7 Å². The van der Waals surface area contributed by atoms with Crippen molar-refractivity contribution in [2.45, 2.75) is 34.6 Å². The Hall–Kier alpha value is -1.54. The van der Waals surface area contributed by atoms with Crippen molar-refractivity contribution in [1.82, 2.24) is 0 Å². The Morgan fingerprint density at radius 3 is 2.40 bits per heavy atom. The van der Waals surface area contributed by atoms with Gasteiger partial charge in [-0.2, -0.15) is 5.26 Å². The normalized spacial score (nSPS) is 10.9. The maximum Gasteiger partial charge on any atom is 0.177 e. The second-order valence-corrected chi connectivity index (χ2v) is 6.59. The van der Waals surface area contributed by atoms with Gasteiger partial charge in [0.1, 0.15) is 16.6 Å². The molecule has 0 aliphatic rings. The topological polar surface area (TPSA) is 70.1 Å². The van der Waals surface area contributed by atoms with Crippen molar-refractivity contribution in [1.29, 1.82) is 5.26 Å². The van der Waals surface area contributed by atoms with Crippen molar-refractivity contribution >= 4 is 27.8 Å². The van der Waals surface area contributed by atoms with Crippen LogP contribution >= 0.6 is 11.3 Å². The van der Waals surface area contributed by atoms with Crippen LogP contribution in [0.4, 0.5) is 10.7 Å². The van der Waals surface area contributed by atoms with Gasteiger partial charge in [-0.25, -0.2) is 0 Å². The molecule has 0 saturated heterocycles. The minimum Gasteiger partial charge on any atom is -0.396 e. The second-order valence-electron chi connectivity index (χ2n) is 5.59. The first-order valence-corrected chi connectivity index (χ1v) is 7.76. The van der Waals surface area contributed by atoms with Gasteiger partial charge in [0.05, 0.1) is 10.6 Å². The number of nitrogens with two attached hydrogens (primary N) is 1. The lowest BCUT2D eigenvalue weighted by molar-refractivity contribution is 0.0944. The summed E-state index contributed by atoms with van der Waals surface area (Å²) in [5.41, 5.74) is 6.80. The maximum absolute atomic E-state index is 12.2. The van der Waals surface area contributed by atoms with E-state index in [0.717, 1.165) is 18.1 Å². The van der Waals surface area contributed by atoms with Crippen LogP contribution in [0.15, 0.2) is 0 Å². The van der Waals surface area contributed by atoms with Gasteiger partial charge >= 0.3 is 0 Å². The van der Waals surface area contributed by atoms with E-state index in [1.165, 1.54) is 11.3 Å². The van der Waals surface area contributed by atoms with Crippen LogP contribution in [-0.4, -0.2) is 18.9 Å². The standard InChI is InChI=1S/C15H23N3OS/c1-6-18(8-9(2)3)15-11(7-16)12(17)14(20-15)13(19)10(4)5/h9-10H,6,8,17H2,1-5H3. The zero-order valence-electron chi connectivity index (χ0n) is 12.9. The molecule has 1 rings (SSSR count). The number of rotatable bonds is 6. The summed E-state index contributed by atoms with van der Waals surface area (Å²) in [6, 6.07) is 2.16. The number of thiophene rings is 1. The van der Waals surface area contributed by atoms with Crippen LogP contribution < -0.4 is 10.6 Å². The predicted molar refractivity (Wildman–Crippen MR) is 85.3 cm³/mol. The van der Waals surface area contributed by atoms with E-state index in [-0.39, 0.29) is 11.7 Å². The molecule has 0 radical (unpaired) electrons. The van der Waals surface area contributed by atoms with Gasteiger partial charge < -0.3 is 10.6 Å². The molecule has 0 aromatic carbocycles. The highest BCUT2D eigenvalue weighted by molar-refractivity contribution is 7.19. The highest BCUT2D eigenvalue weighted by atomic mass is 32.1. The van der Waals surface area contributed by atoms with E-state index in [1.807, 2.05) is 20.8 Å². The number of Topliss-reactive ketones (excluding diaryl/α,β-unsaturated/α-hetero) is 1. The first-order chi connectivity index (χ1) is 9.33. The third kappa shape index (κ3) is 3.31. The van der Waals surface area contributed by atoms with E-state index in [0.29, 0.717) is 22.0 Å². The van der Waals surface area contributed by atoms with Gasteiger partial charge in [-0.15, -0.1) is 11.3 Å². The molecule has 0 saturated carbocycles. The molecule has 1 aromatic rings. The van der Waals surface area contributed by atoms with Crippen molar-refractivity contribution in [2.24, 2.45) is 11.8 Å². The Balaban J connectivity index is 3.30. The summed E-state index contributed by atoms with van der Waals surface area (Å²) in [6.07, 6.45) is 0. The maximum atomic E-state index is 12.2. The molecule has 0 aliphatic carbocycles. The van der Waals surface area contributed by atoms with Crippen LogP contribution in [0.3, 0.4) is 0 Å². The van der Waals surface area contributed by atoms with Gasteiger partial charge in [0.15, 0.2) is 5.78 Å². The van der Waals surface area contributed by atoms with Crippen LogP contribution in [0, 0.1) is 23.2 Å². The first-order valence-electron chi connectivity index (χ1n) is 6.94. The average Bonchev–Trinajstić information content (AvgIpc) is 2.71. The summed E-state index contributed by atoms with van der Waals surface area (Å²) in [5, 5.41) is 10.2. The lowest BCUT2D eigenvalue weighted by Gasteiger charge is -2.23. The molecule has 4 nitrogen and oxygen atoms in total. The fraction of sp³-hybridized carbons (Fsp3) is 0.600. The van der Waals surface area contributed by atoms with E-state index in [4.69, 9.17) is 5.73 Å². The Morgan fingerprint density at radius 2 is 2.00 bits per heavy atom. The Bertz CT molecular complexity index is 526. The summed E-state index contributed by atoms with van der Waals surface area (Å²) in [5.74, 6) is 0.375. The van der Waals surface area contributed by atoms with Gasteiger partial charge in [-0.3, -0.25) is 4.79 Å². The number of nitrogen functional groups attached to an aromatic ring is 1. The van der Waals surface area contributed by atoms with Crippen LogP contribution in [-0.2, 0) is 0 Å². The number of hydrogen-bond acceptors (Lipinski definition) is 5. The zero-order valence-corrected chi connectivity index (χ0v) is 13.7. The summed E-state index contributed by atoms with van der Waals surface area (Å²) >= 11 is 1.35. The zero-order chi connectivity index (χ0) is 15.4. The van der Waals surface area contributed by atoms with Gasteiger partial charge in [0.25, 0.3) is 0 Å². The minimum absolute atomic E-state index is 0.0100. The first kappa shape index (κ1) is 16.5. The molecular formula is C15H23N3OS. The third-order valence-electron chi connectivity index (χ3n) is 3.04. The third-order valence-corrected chi connectivity index (χ3v) is 4.32. The van der Waals surface area contributed by atoms with Crippen molar-refractivity contribution in [3.63, 3.8) is 0 Å². The van der Waals surface area contributed by atoms with Crippen LogP contribution in [0.25, 0.3) is 0 Å². The van der Waals surface area contributed by atoms with Crippen LogP contribution in [0.1, 0.15) is 49.9 Å². The predicted octanol–water partition coefficient (Wildman–Crippen LogP) is 3.52. The number of nitrogens with zero attached hydrogens (tertiary/aromatic N) is 2. The Kier molecular flexibility index (Phi) is 5.58. The number of hydrogen-bond donors (Lipinski definition) is 1. The fourth-order valence-corrected chi connectivity index (χ4v) is 3.34. The Morgan fingerprint density at radius 1 is 1.40 bits per heavy atom. The number of carbonyl (C=O) groups is 1. The lowest BCUT2D eigenvalue weighted by Crippen LogP contribution is -2.27. The molecule has 2 N–H and O–H groups in total. The van der Waals surface area contributed by atoms with Gasteiger partial charge in [-0.1, -0.05) is 27.7 Å². The Labute approximate surface area is 125 Å². The summed E-state index contributed by atoms with van der Waals surface area (Å²) in [6.45, 7) is 11.6. The highest BCUT2D eigenvalue weighted by Gasteiger charge is 2.25. The van der Waals surface area contributed by atoms with Gasteiger partial charge in [0, 0.05) is 19.0 Å². The molecular weight excluding hydrogens is 270 g/mol. The number of ketones is 1. The minimum atomic E-state index is -0.115. The van der Waals surface area contributed by atoms with E-state index in [2.05, 4.69) is 24.8 Å². The highest BCUT2D eigenvalue weighted by Crippen LogP contribution is 2.39. The summed E-state index contributed by atoms with van der Waals surface area (Å²) < 4.78 is 0. The monoisotopic (exact) mass is 293 g/mol. The van der Waals surface area contributed by atoms with E-state index < -0.39 is 0 Å². The van der Waals surface area contributed by atoms with Crippen LogP contribution in [0.5, 0.6) is 0 Å². The number of nitriles is 1. The van der Waals surface area contributed by atoms with E-state index in [1.54, 1.807) is 0 Å². The van der Waals surface area contributed by atoms with Crippen molar-refractivity contribution in [3.05, 3.63) is 10.4 Å². The van der Waals surface area contributed by atoms with Gasteiger partial charge in [0.2, 0.25) is 0 Å². The lowest BCUT2D eigenvalue weighted by atomic mass is 10.1. The number of anilines is 2. The molecule has 0 aliphatic heterocycles. The average molecular weight is 293 g/mol. The SMILES string of the molecule is CCN(CC(C)C)c1sc(C(=O)C(C)C)c(N)c1C#N. The van der Waals surface area contributed by atoms with E-state index in [9.17, 15) is 10.1 Å². The van der Waals surface area contributed by atoms with E-state index >= 15 is 0 Å². The molecule has 0 fully saturated rings. The largest absolute Gasteiger partial charge is 0.396 e. The molecule has 20 heavy (non-hydrogen) atoms. The fourth-order valence-electron chi connectivity index (χ4n) is 2.00. The molecule has 0 atom stereocenters. The molecule has 0 amide bonds. The smallest absolute Gasteiger partial charge is 0.177 e. The molecule has 0 unspecified atom stereocenters. The molecule has 0 spiro atoms. The molecule has 5 heteroatoms. The summed E-state index contributed by atoms with van der Waals surface area (Å²) in [4.78, 5) is 14.8. The van der Waals surface area contributed by atoms with Crippen molar-refractivity contribution in [3.8, 4) is 6.07 Å². The molecule has 0 bridgehead atoms. The van der Waals surface area contributed by atoms with Gasteiger partial charge in [-0.05, 0) is 12.8 Å². The quantitative estimate of drug-likeness (QED) is 0.815. The molecule has 1 heterocycles. The summed E-state index contributed by atoms with van der Waals surface area (Å²) in [7, 11) is 0.